The van der Waals surface area contributed by atoms with Crippen molar-refractivity contribution in [3.05, 3.63) is 11.6 Å². The van der Waals surface area contributed by atoms with Gasteiger partial charge in [0.1, 0.15) is 5.78 Å². The molecule has 0 aromatic rings. The lowest BCUT2D eigenvalue weighted by Gasteiger charge is -2.63. The molecule has 6 heteroatoms. The molecule has 3 N–H and O–H groups in total. The minimum Gasteiger partial charge on any atom is -0.465 e. The summed E-state index contributed by atoms with van der Waals surface area (Å²) in [5, 5.41) is 32.0. The van der Waals surface area contributed by atoms with Gasteiger partial charge in [-0.15, -0.1) is 0 Å². The van der Waals surface area contributed by atoms with E-state index in [2.05, 4.69) is 40.7 Å². The molecule has 1 saturated heterocycles. The van der Waals surface area contributed by atoms with Crippen LogP contribution in [0.5, 0.6) is 0 Å². The highest BCUT2D eigenvalue weighted by molar-refractivity contribution is 5.87. The maximum Gasteiger partial charge on any atom is 0.407 e. The molecule has 10 atom stereocenters. The molecule has 5 rings (SSSR count). The quantitative estimate of drug-likeness (QED) is 0.430. The first-order chi connectivity index (χ1) is 17.3. The highest BCUT2D eigenvalue weighted by Gasteiger charge is 2.64. The molecule has 5 fully saturated rings. The summed E-state index contributed by atoms with van der Waals surface area (Å²) in [4.78, 5) is 26.3. The summed E-state index contributed by atoms with van der Waals surface area (Å²) in [5.41, 5.74) is 1.10. The fourth-order valence-electron chi connectivity index (χ4n) is 10.3. The van der Waals surface area contributed by atoms with Gasteiger partial charge in [0.2, 0.25) is 0 Å². The van der Waals surface area contributed by atoms with Crippen LogP contribution >= 0.6 is 0 Å². The topological polar surface area (TPSA) is 98.1 Å². The molecule has 6 unspecified atom stereocenters. The van der Waals surface area contributed by atoms with Gasteiger partial charge in [-0.2, -0.15) is 0 Å². The standard InChI is InChI=1S/C31H49NO5/c1-29(2,3)27-19(12-15-32(27)28(36)37)7-6-18-10-13-30(4)22-11-14-31(5)21(8-9-24(31)34)25(22)26(35)20(17-33)23(30)16-18/h6,19-23,25-27,33,35H,7-17H2,1-5H3,(H,36,37)/t19?,20-,21?,22?,23?,25?,26-,27?,30-,31+/m1/s1. The van der Waals surface area contributed by atoms with Crippen molar-refractivity contribution in [2.24, 2.45) is 51.8 Å². The Morgan fingerprint density at radius 3 is 2.46 bits per heavy atom. The van der Waals surface area contributed by atoms with Crippen LogP contribution in [0.1, 0.15) is 92.4 Å². The van der Waals surface area contributed by atoms with Crippen LogP contribution in [0.15, 0.2) is 11.6 Å². The number of hydrogen-bond donors (Lipinski definition) is 3. The van der Waals surface area contributed by atoms with Crippen molar-refractivity contribution in [1.29, 1.82) is 0 Å². The van der Waals surface area contributed by atoms with Gasteiger partial charge in [-0.25, -0.2) is 4.79 Å². The number of carbonyl (C=O) groups excluding carboxylic acids is 1. The van der Waals surface area contributed by atoms with Crippen molar-refractivity contribution in [2.75, 3.05) is 13.2 Å². The van der Waals surface area contributed by atoms with Crippen LogP contribution < -0.4 is 0 Å². The molecule has 1 aliphatic heterocycles. The second-order valence-electron chi connectivity index (χ2n) is 14.8. The average molecular weight is 516 g/mol. The first-order valence-electron chi connectivity index (χ1n) is 14.8. The molecule has 6 nitrogen and oxygen atoms in total. The molecular weight excluding hydrogens is 466 g/mol. The molecule has 1 amide bonds. The number of aliphatic hydroxyl groups is 2. The van der Waals surface area contributed by atoms with Crippen LogP contribution in [0.4, 0.5) is 4.79 Å². The zero-order valence-electron chi connectivity index (χ0n) is 23.6. The molecule has 0 aromatic carbocycles. The van der Waals surface area contributed by atoms with E-state index in [4.69, 9.17) is 0 Å². The second kappa shape index (κ2) is 9.36. The first kappa shape index (κ1) is 27.2. The number of aliphatic hydroxyl groups excluding tert-OH is 2. The van der Waals surface area contributed by atoms with Gasteiger partial charge >= 0.3 is 6.09 Å². The van der Waals surface area contributed by atoms with E-state index in [1.807, 2.05) is 0 Å². The van der Waals surface area contributed by atoms with Crippen molar-refractivity contribution >= 4 is 11.9 Å². The van der Waals surface area contributed by atoms with Gasteiger partial charge in [0.15, 0.2) is 0 Å². The predicted molar refractivity (Wildman–Crippen MR) is 143 cm³/mol. The van der Waals surface area contributed by atoms with Gasteiger partial charge in [0.25, 0.3) is 0 Å². The summed E-state index contributed by atoms with van der Waals surface area (Å²) < 4.78 is 0. The third-order valence-electron chi connectivity index (χ3n) is 12.1. The number of fused-ring (bicyclic) bond motifs is 5. The Kier molecular flexibility index (Phi) is 6.88. The minimum absolute atomic E-state index is 0.00238. The zero-order chi connectivity index (χ0) is 26.9. The molecule has 1 heterocycles. The SMILES string of the molecule is CC(C)(C)C1C(CC=C2CC[C@]3(C)C4CC[C@]5(C)C(=O)CCC5C4[C@H](O)[C@H](CO)C3C2)CCN1C(=O)O. The molecule has 0 bridgehead atoms. The van der Waals surface area contributed by atoms with Crippen LogP contribution in [0.3, 0.4) is 0 Å². The Morgan fingerprint density at radius 2 is 1.81 bits per heavy atom. The lowest BCUT2D eigenvalue weighted by molar-refractivity contribution is -0.191. The summed E-state index contributed by atoms with van der Waals surface area (Å²) in [6.45, 7) is 11.6. The lowest BCUT2D eigenvalue weighted by Crippen LogP contribution is -2.62. The summed E-state index contributed by atoms with van der Waals surface area (Å²) in [6.07, 6.45) is 9.32. The number of allylic oxidation sites excluding steroid dienone is 2. The number of amides is 1. The highest BCUT2D eigenvalue weighted by Crippen LogP contribution is 2.67. The van der Waals surface area contributed by atoms with Crippen molar-refractivity contribution in [1.82, 2.24) is 4.90 Å². The van der Waals surface area contributed by atoms with E-state index in [0.717, 1.165) is 51.4 Å². The maximum atomic E-state index is 12.8. The van der Waals surface area contributed by atoms with E-state index >= 15 is 0 Å². The van der Waals surface area contributed by atoms with Gasteiger partial charge < -0.3 is 20.2 Å². The monoisotopic (exact) mass is 515 g/mol. The first-order valence-corrected chi connectivity index (χ1v) is 14.8. The number of carbonyl (C=O) groups is 2. The van der Waals surface area contributed by atoms with Crippen LogP contribution in [0.2, 0.25) is 0 Å². The Bertz CT molecular complexity index is 954. The van der Waals surface area contributed by atoms with Gasteiger partial charge in [-0.05, 0) is 91.8 Å². The summed E-state index contributed by atoms with van der Waals surface area (Å²) in [6, 6.07) is 0.0174. The number of carboxylic acid groups (broad SMARTS) is 1. The normalized spacial score (nSPS) is 47.1. The molecule has 0 aromatic heterocycles. The molecule has 37 heavy (non-hydrogen) atoms. The van der Waals surface area contributed by atoms with E-state index in [1.165, 1.54) is 5.57 Å². The molecule has 4 aliphatic carbocycles. The molecule has 208 valence electrons. The number of ketones is 1. The van der Waals surface area contributed by atoms with E-state index < -0.39 is 12.2 Å². The zero-order valence-corrected chi connectivity index (χ0v) is 23.6. The molecule has 0 radical (unpaired) electrons. The second-order valence-corrected chi connectivity index (χ2v) is 14.8. The molecule has 5 aliphatic rings. The summed E-state index contributed by atoms with van der Waals surface area (Å²) in [5.74, 6) is 1.56. The third kappa shape index (κ3) is 4.20. The minimum atomic E-state index is -0.812. The number of rotatable bonds is 3. The van der Waals surface area contributed by atoms with Crippen LogP contribution in [-0.4, -0.2) is 57.4 Å². The van der Waals surface area contributed by atoms with Gasteiger partial charge in [0, 0.05) is 36.9 Å². The Labute approximate surface area is 222 Å². The highest BCUT2D eigenvalue weighted by atomic mass is 16.4. The van der Waals surface area contributed by atoms with E-state index in [0.29, 0.717) is 30.6 Å². The number of hydrogen-bond acceptors (Lipinski definition) is 4. The molecular formula is C31H49NO5. The summed E-state index contributed by atoms with van der Waals surface area (Å²) >= 11 is 0. The smallest absolute Gasteiger partial charge is 0.407 e. The van der Waals surface area contributed by atoms with Gasteiger partial charge in [-0.1, -0.05) is 46.3 Å². The fraction of sp³-hybridized carbons (Fsp3) is 0.871. The van der Waals surface area contributed by atoms with Crippen molar-refractivity contribution in [2.45, 2.75) is 105 Å². The average Bonchev–Trinajstić information content (AvgIpc) is 3.40. The molecule has 4 saturated carbocycles. The van der Waals surface area contributed by atoms with Crippen molar-refractivity contribution in [3.63, 3.8) is 0 Å². The number of likely N-dealkylation sites (tertiary alicyclic amines) is 1. The summed E-state index contributed by atoms with van der Waals surface area (Å²) in [7, 11) is 0. The Balaban J connectivity index is 1.36. The van der Waals surface area contributed by atoms with Crippen molar-refractivity contribution in [3.8, 4) is 0 Å². The van der Waals surface area contributed by atoms with Crippen LogP contribution in [-0.2, 0) is 4.79 Å². The van der Waals surface area contributed by atoms with Gasteiger partial charge in [0.05, 0.1) is 6.10 Å². The van der Waals surface area contributed by atoms with E-state index in [9.17, 15) is 24.9 Å². The number of Topliss-reactive ketones (excluding diaryl/α,β-unsaturated/α-hetero) is 1. The molecule has 0 spiro atoms. The number of nitrogens with zero attached hydrogens (tertiary/aromatic N) is 1. The Hall–Kier alpha value is -1.40. The third-order valence-corrected chi connectivity index (χ3v) is 12.1. The van der Waals surface area contributed by atoms with E-state index in [1.54, 1.807) is 4.90 Å². The van der Waals surface area contributed by atoms with Crippen molar-refractivity contribution < 1.29 is 24.9 Å². The fourth-order valence-corrected chi connectivity index (χ4v) is 10.3. The van der Waals surface area contributed by atoms with E-state index in [-0.39, 0.29) is 52.6 Å². The van der Waals surface area contributed by atoms with Gasteiger partial charge in [-0.3, -0.25) is 4.79 Å². The Morgan fingerprint density at radius 1 is 1.08 bits per heavy atom. The largest absolute Gasteiger partial charge is 0.465 e. The van der Waals surface area contributed by atoms with Crippen LogP contribution in [0, 0.1) is 51.8 Å². The maximum absolute atomic E-state index is 12.8. The predicted octanol–water partition coefficient (Wildman–Crippen LogP) is 5.52. The lowest BCUT2D eigenvalue weighted by atomic mass is 9.42. The van der Waals surface area contributed by atoms with Crippen LogP contribution in [0.25, 0.3) is 0 Å².